The second-order valence-corrected chi connectivity index (χ2v) is 6.17. The molecule has 0 bridgehead atoms. The molecule has 0 saturated carbocycles. The first-order valence-corrected chi connectivity index (χ1v) is 8.06. The highest BCUT2D eigenvalue weighted by atomic mass is 79.9. The summed E-state index contributed by atoms with van der Waals surface area (Å²) in [5.74, 6) is -1.21. The highest BCUT2D eigenvalue weighted by molar-refractivity contribution is 9.09. The van der Waals surface area contributed by atoms with Crippen LogP contribution in [0.3, 0.4) is 0 Å². The Morgan fingerprint density at radius 3 is 2.76 bits per heavy atom. The van der Waals surface area contributed by atoms with Gasteiger partial charge in [-0.1, -0.05) is 69.5 Å². The van der Waals surface area contributed by atoms with Gasteiger partial charge >= 0.3 is 0 Å². The van der Waals surface area contributed by atoms with Gasteiger partial charge in [-0.2, -0.15) is 0 Å². The monoisotopic (exact) mass is 387 g/mol. The molecule has 1 aliphatic rings. The summed E-state index contributed by atoms with van der Waals surface area (Å²) in [6, 6.07) is 6.64. The van der Waals surface area contributed by atoms with Crippen LogP contribution in [0.4, 0.5) is 0 Å². The second-order valence-electron chi connectivity index (χ2n) is 4.55. The van der Waals surface area contributed by atoms with Gasteiger partial charge in [0.1, 0.15) is 5.00 Å². The van der Waals surface area contributed by atoms with Gasteiger partial charge in [0, 0.05) is 10.6 Å². The third kappa shape index (κ3) is 3.76. The van der Waals surface area contributed by atoms with Gasteiger partial charge in [0.25, 0.3) is 0 Å². The Morgan fingerprint density at radius 2 is 2.10 bits per heavy atom. The molecule has 3 nitrogen and oxygen atoms in total. The molecule has 0 aliphatic heterocycles. The highest BCUT2D eigenvalue weighted by Gasteiger charge is 2.40. The molecule has 2 rings (SSSR count). The molecule has 0 heterocycles. The number of hydrogen-bond donors (Lipinski definition) is 1. The Kier molecular flexibility index (Phi) is 5.25. The van der Waals surface area contributed by atoms with E-state index in [4.69, 9.17) is 23.2 Å². The first-order valence-electron chi connectivity index (χ1n) is 6.18. The zero-order valence-corrected chi connectivity index (χ0v) is 14.0. The number of Topliss-reactive ketones (excluding diaryl/α,β-unsaturated/α-hetero) is 1. The number of allylic oxidation sites excluding steroid dienone is 2. The Morgan fingerprint density at radius 1 is 1.33 bits per heavy atom. The van der Waals surface area contributed by atoms with Crippen LogP contribution in [0.5, 0.6) is 0 Å². The van der Waals surface area contributed by atoms with E-state index in [2.05, 4.69) is 21.2 Å². The second kappa shape index (κ2) is 6.77. The van der Waals surface area contributed by atoms with E-state index in [0.717, 1.165) is 0 Å². The maximum Gasteiger partial charge on any atom is 0.232 e. The number of ketones is 1. The lowest BCUT2D eigenvalue weighted by Gasteiger charge is -2.32. The van der Waals surface area contributed by atoms with Gasteiger partial charge in [-0.3, -0.25) is 9.59 Å². The van der Waals surface area contributed by atoms with Crippen LogP contribution in [0, 0.1) is 5.92 Å². The van der Waals surface area contributed by atoms with Crippen LogP contribution in [0.2, 0.25) is 5.02 Å². The normalized spacial score (nSPS) is 23.9. The summed E-state index contributed by atoms with van der Waals surface area (Å²) in [7, 11) is 0. The van der Waals surface area contributed by atoms with E-state index in [1.807, 2.05) is 0 Å². The molecule has 1 amide bonds. The Hall–Kier alpha value is -1.10. The largest absolute Gasteiger partial charge is 0.332 e. The van der Waals surface area contributed by atoms with Crippen molar-refractivity contribution in [3.63, 3.8) is 0 Å². The minimum atomic E-state index is -1.28. The predicted molar refractivity (Wildman–Crippen MR) is 88.1 cm³/mol. The van der Waals surface area contributed by atoms with E-state index in [1.54, 1.807) is 48.6 Å². The average Bonchev–Trinajstić information content (AvgIpc) is 2.46. The zero-order valence-electron chi connectivity index (χ0n) is 10.9. The summed E-state index contributed by atoms with van der Waals surface area (Å²) in [5.41, 5.74) is 0.450. The van der Waals surface area contributed by atoms with Gasteiger partial charge in [0.2, 0.25) is 5.91 Å². The van der Waals surface area contributed by atoms with Crippen molar-refractivity contribution < 1.29 is 9.59 Å². The van der Waals surface area contributed by atoms with Crippen LogP contribution in [-0.2, 0) is 4.79 Å². The fourth-order valence-electron chi connectivity index (χ4n) is 2.08. The number of halogens is 3. The molecule has 0 saturated heterocycles. The van der Waals surface area contributed by atoms with Gasteiger partial charge < -0.3 is 5.32 Å². The van der Waals surface area contributed by atoms with Crippen LogP contribution in [0.25, 0.3) is 0 Å². The van der Waals surface area contributed by atoms with Crippen molar-refractivity contribution in [2.75, 3.05) is 5.33 Å². The van der Waals surface area contributed by atoms with E-state index in [1.165, 1.54) is 0 Å². The van der Waals surface area contributed by atoms with Crippen LogP contribution in [-0.4, -0.2) is 22.0 Å². The van der Waals surface area contributed by atoms with Crippen LogP contribution < -0.4 is 5.32 Å². The molecule has 21 heavy (non-hydrogen) atoms. The number of benzene rings is 1. The van der Waals surface area contributed by atoms with Crippen molar-refractivity contribution in [3.8, 4) is 0 Å². The van der Waals surface area contributed by atoms with Gasteiger partial charge in [-0.15, -0.1) is 0 Å². The number of alkyl halides is 2. The third-order valence-corrected chi connectivity index (χ3v) is 4.25. The van der Waals surface area contributed by atoms with Crippen molar-refractivity contribution >= 4 is 50.8 Å². The average molecular weight is 389 g/mol. The molecule has 0 aromatic heterocycles. The van der Waals surface area contributed by atoms with Crippen molar-refractivity contribution in [1.29, 1.82) is 0 Å². The Labute approximate surface area is 141 Å². The minimum Gasteiger partial charge on any atom is -0.332 e. The predicted octanol–water partition coefficient (Wildman–Crippen LogP) is 3.71. The van der Waals surface area contributed by atoms with Crippen molar-refractivity contribution in [2.24, 2.45) is 5.92 Å². The van der Waals surface area contributed by atoms with Crippen LogP contribution >= 0.6 is 39.1 Å². The van der Waals surface area contributed by atoms with Crippen molar-refractivity contribution in [3.05, 3.63) is 59.2 Å². The van der Waals surface area contributed by atoms with Crippen molar-refractivity contribution in [2.45, 2.75) is 5.00 Å². The first kappa shape index (κ1) is 16.3. The maximum absolute atomic E-state index is 12.6. The van der Waals surface area contributed by atoms with E-state index in [9.17, 15) is 9.59 Å². The standard InChI is InChI=1S/C15H12BrCl2NO2/c16-9-13(20)19-15(18)7-2-1-6-12(15)14(21)10-4-3-5-11(17)8-10/h1-8,12H,9H2,(H,19,20). The van der Waals surface area contributed by atoms with Crippen molar-refractivity contribution in [1.82, 2.24) is 5.32 Å². The van der Waals surface area contributed by atoms with E-state index < -0.39 is 10.9 Å². The summed E-state index contributed by atoms with van der Waals surface area (Å²) < 4.78 is 0. The fraction of sp³-hybridized carbons (Fsp3) is 0.200. The number of carbonyl (C=O) groups is 2. The Balaban J connectivity index is 2.31. The van der Waals surface area contributed by atoms with Crippen LogP contribution in [0.15, 0.2) is 48.6 Å². The van der Waals surface area contributed by atoms with Gasteiger partial charge in [-0.05, 0) is 18.2 Å². The highest BCUT2D eigenvalue weighted by Crippen LogP contribution is 2.32. The number of hydrogen-bond acceptors (Lipinski definition) is 2. The lowest BCUT2D eigenvalue weighted by molar-refractivity contribution is -0.119. The van der Waals surface area contributed by atoms with Gasteiger partial charge in [0.05, 0.1) is 11.2 Å². The summed E-state index contributed by atoms with van der Waals surface area (Å²) >= 11 is 15.4. The molecule has 2 unspecified atom stereocenters. The topological polar surface area (TPSA) is 46.2 Å². The van der Waals surface area contributed by atoms with Crippen LogP contribution in [0.1, 0.15) is 10.4 Å². The summed E-state index contributed by atoms with van der Waals surface area (Å²) in [6.07, 6.45) is 6.70. The summed E-state index contributed by atoms with van der Waals surface area (Å²) in [6.45, 7) is 0. The molecule has 110 valence electrons. The molecule has 1 aromatic rings. The Bertz CT molecular complexity index is 630. The number of amides is 1. The SMILES string of the molecule is O=C(CBr)NC1(Cl)C=CC=CC1C(=O)c1cccc(Cl)c1. The zero-order chi connectivity index (χ0) is 15.5. The first-order chi connectivity index (χ1) is 9.96. The minimum absolute atomic E-state index is 0.108. The fourth-order valence-corrected chi connectivity index (χ4v) is 2.76. The lowest BCUT2D eigenvalue weighted by atomic mass is 9.87. The molecule has 1 N–H and O–H groups in total. The molecule has 1 aromatic carbocycles. The molecular weight excluding hydrogens is 377 g/mol. The number of carbonyl (C=O) groups excluding carboxylic acids is 2. The van der Waals surface area contributed by atoms with Gasteiger partial charge in [0.15, 0.2) is 5.78 Å². The molecule has 0 fully saturated rings. The molecule has 1 aliphatic carbocycles. The molecule has 2 atom stereocenters. The quantitative estimate of drug-likeness (QED) is 0.485. The molecule has 0 spiro atoms. The lowest BCUT2D eigenvalue weighted by Crippen LogP contribution is -2.51. The molecule has 6 heteroatoms. The third-order valence-electron chi connectivity index (χ3n) is 3.05. The summed E-state index contributed by atoms with van der Waals surface area (Å²) in [4.78, 5) is 23.0. The number of nitrogens with one attached hydrogen (secondary N) is 1. The maximum atomic E-state index is 12.6. The summed E-state index contributed by atoms with van der Waals surface area (Å²) in [5, 5.41) is 3.23. The van der Waals surface area contributed by atoms with E-state index in [0.29, 0.717) is 10.6 Å². The van der Waals surface area contributed by atoms with Gasteiger partial charge in [-0.25, -0.2) is 0 Å². The van der Waals surface area contributed by atoms with E-state index >= 15 is 0 Å². The number of rotatable bonds is 4. The molecule has 0 radical (unpaired) electrons. The van der Waals surface area contributed by atoms with E-state index in [-0.39, 0.29) is 17.0 Å². The smallest absolute Gasteiger partial charge is 0.232 e. The molecular formula is C15H12BrCl2NO2.